The van der Waals surface area contributed by atoms with Gasteiger partial charge < -0.3 is 10.4 Å². The molecule has 0 aromatic heterocycles. The van der Waals surface area contributed by atoms with Gasteiger partial charge in [-0.05, 0) is 53.4 Å². The molecular weight excluding hydrogens is 511 g/mol. The van der Waals surface area contributed by atoms with Crippen LogP contribution < -0.4 is 10.0 Å². The number of amides is 1. The molecule has 0 bridgehead atoms. The number of rotatable bonds is 7. The van der Waals surface area contributed by atoms with Crippen molar-refractivity contribution < 1.29 is 23.1 Å². The fourth-order valence-electron chi connectivity index (χ4n) is 3.58. The Morgan fingerprint density at radius 1 is 0.829 bits per heavy atom. The van der Waals surface area contributed by atoms with Crippen LogP contribution in [-0.2, 0) is 16.6 Å². The van der Waals surface area contributed by atoms with Crippen molar-refractivity contribution >= 4 is 61.6 Å². The number of fused-ring (bicyclic) bond motifs is 1. The van der Waals surface area contributed by atoms with Crippen LogP contribution >= 0.6 is 23.2 Å². The second kappa shape index (κ2) is 9.95. The molecule has 0 saturated heterocycles. The number of anilines is 1. The second-order valence-corrected chi connectivity index (χ2v) is 10.2. The Labute approximate surface area is 211 Å². The van der Waals surface area contributed by atoms with Gasteiger partial charge in [-0.1, -0.05) is 59.6 Å². The van der Waals surface area contributed by atoms with Crippen molar-refractivity contribution in [3.8, 4) is 0 Å². The molecule has 0 fully saturated rings. The van der Waals surface area contributed by atoms with Crippen molar-refractivity contribution in [2.75, 3.05) is 4.72 Å². The minimum atomic E-state index is -4.01. The van der Waals surface area contributed by atoms with Crippen molar-refractivity contribution in [2.24, 2.45) is 0 Å². The Kier molecular flexibility index (Phi) is 6.98. The molecule has 3 N–H and O–H groups in total. The summed E-state index contributed by atoms with van der Waals surface area (Å²) in [6, 6.07) is 20.2. The smallest absolute Gasteiger partial charge is 0.335 e. The van der Waals surface area contributed by atoms with Crippen LogP contribution in [0, 0.1) is 0 Å². The summed E-state index contributed by atoms with van der Waals surface area (Å²) in [5.74, 6) is -1.44. The van der Waals surface area contributed by atoms with Gasteiger partial charge in [0.1, 0.15) is 0 Å². The monoisotopic (exact) mass is 528 g/mol. The van der Waals surface area contributed by atoms with E-state index in [2.05, 4.69) is 10.0 Å². The summed E-state index contributed by atoms with van der Waals surface area (Å²) in [6.07, 6.45) is 0. The van der Waals surface area contributed by atoms with Gasteiger partial charge in [0.15, 0.2) is 0 Å². The fraction of sp³-hybridized carbons (Fsp3) is 0.0400. The largest absolute Gasteiger partial charge is 0.478 e. The van der Waals surface area contributed by atoms with Crippen molar-refractivity contribution in [1.82, 2.24) is 5.32 Å². The first-order valence-corrected chi connectivity index (χ1v) is 12.5. The number of carbonyl (C=O) groups is 2. The molecule has 4 aromatic carbocycles. The zero-order valence-electron chi connectivity index (χ0n) is 18.0. The summed E-state index contributed by atoms with van der Waals surface area (Å²) >= 11 is 11.9. The lowest BCUT2D eigenvalue weighted by Crippen LogP contribution is -2.23. The van der Waals surface area contributed by atoms with Crippen LogP contribution in [0.3, 0.4) is 0 Å². The first kappa shape index (κ1) is 24.5. The molecule has 0 aliphatic heterocycles. The molecular formula is C25H18Cl2N2O5S. The maximum absolute atomic E-state index is 13.0. The van der Waals surface area contributed by atoms with Gasteiger partial charge in [-0.2, -0.15) is 0 Å². The average molecular weight is 529 g/mol. The topological polar surface area (TPSA) is 113 Å². The van der Waals surface area contributed by atoms with Crippen molar-refractivity contribution in [3.05, 3.63) is 106 Å². The van der Waals surface area contributed by atoms with Gasteiger partial charge in [-0.3, -0.25) is 9.52 Å². The van der Waals surface area contributed by atoms with E-state index in [0.29, 0.717) is 21.9 Å². The van der Waals surface area contributed by atoms with E-state index in [1.54, 1.807) is 48.5 Å². The van der Waals surface area contributed by atoms with Crippen LogP contribution in [0.15, 0.2) is 83.8 Å². The third-order valence-electron chi connectivity index (χ3n) is 5.18. The minimum absolute atomic E-state index is 0.0931. The molecule has 0 saturated carbocycles. The van der Waals surface area contributed by atoms with Crippen LogP contribution in [0.4, 0.5) is 5.69 Å². The van der Waals surface area contributed by atoms with Crippen LogP contribution in [0.5, 0.6) is 0 Å². The standard InChI is InChI=1S/C25H18Cl2N2O5S/c26-17-11-18(27)13-19(12-17)35(33,34)29-23-9-3-6-20-21(23)7-2-8-22(20)24(30)28-14-15-4-1-5-16(10-15)25(31)32/h1-13,29H,14H2,(H,28,30)(H,31,32). The SMILES string of the molecule is O=C(O)c1cccc(CNC(=O)c2cccc3c(NS(=O)(=O)c4cc(Cl)cc(Cl)c4)cccc23)c1. The van der Waals surface area contributed by atoms with Crippen molar-refractivity contribution in [2.45, 2.75) is 11.4 Å². The fourth-order valence-corrected chi connectivity index (χ4v) is 5.38. The Hall–Kier alpha value is -3.59. The lowest BCUT2D eigenvalue weighted by molar-refractivity contribution is 0.0696. The van der Waals surface area contributed by atoms with E-state index in [1.807, 2.05) is 0 Å². The molecule has 7 nitrogen and oxygen atoms in total. The van der Waals surface area contributed by atoms with Gasteiger partial charge in [-0.15, -0.1) is 0 Å². The zero-order chi connectivity index (χ0) is 25.2. The molecule has 0 radical (unpaired) electrons. The molecule has 35 heavy (non-hydrogen) atoms. The third-order valence-corrected chi connectivity index (χ3v) is 6.97. The highest BCUT2D eigenvalue weighted by atomic mass is 35.5. The van der Waals surface area contributed by atoms with E-state index in [0.717, 1.165) is 0 Å². The van der Waals surface area contributed by atoms with Gasteiger partial charge in [0, 0.05) is 27.5 Å². The van der Waals surface area contributed by atoms with E-state index in [9.17, 15) is 18.0 Å². The van der Waals surface area contributed by atoms with Crippen LogP contribution in [0.25, 0.3) is 10.8 Å². The highest BCUT2D eigenvalue weighted by Crippen LogP contribution is 2.30. The Morgan fingerprint density at radius 2 is 1.49 bits per heavy atom. The maximum Gasteiger partial charge on any atom is 0.335 e. The number of carbonyl (C=O) groups excluding carboxylic acids is 1. The number of carboxylic acids is 1. The quantitative estimate of drug-likeness (QED) is 0.290. The average Bonchev–Trinajstić information content (AvgIpc) is 2.82. The zero-order valence-corrected chi connectivity index (χ0v) is 20.3. The summed E-state index contributed by atoms with van der Waals surface area (Å²) in [7, 11) is -4.01. The molecule has 0 aliphatic rings. The first-order valence-electron chi connectivity index (χ1n) is 10.2. The Bertz CT molecular complexity index is 1550. The summed E-state index contributed by atoms with van der Waals surface area (Å²) in [5.41, 5.74) is 1.37. The minimum Gasteiger partial charge on any atom is -0.478 e. The summed E-state index contributed by atoms with van der Waals surface area (Å²) in [5, 5.41) is 13.3. The van der Waals surface area contributed by atoms with Gasteiger partial charge in [0.05, 0.1) is 16.1 Å². The predicted molar refractivity (Wildman–Crippen MR) is 136 cm³/mol. The molecule has 0 aliphatic carbocycles. The number of benzene rings is 4. The molecule has 0 spiro atoms. The number of aromatic carboxylic acids is 1. The van der Waals surface area contributed by atoms with Gasteiger partial charge in [-0.25, -0.2) is 13.2 Å². The lowest BCUT2D eigenvalue weighted by Gasteiger charge is -2.13. The van der Waals surface area contributed by atoms with Gasteiger partial charge >= 0.3 is 5.97 Å². The number of carboxylic acid groups (broad SMARTS) is 1. The molecule has 1 amide bonds. The van der Waals surface area contributed by atoms with Crippen molar-refractivity contribution in [1.29, 1.82) is 0 Å². The van der Waals surface area contributed by atoms with Crippen LogP contribution in [-0.4, -0.2) is 25.4 Å². The lowest BCUT2D eigenvalue weighted by atomic mass is 10.0. The first-order chi connectivity index (χ1) is 16.6. The van der Waals surface area contributed by atoms with E-state index in [1.165, 1.54) is 30.3 Å². The molecule has 0 unspecified atom stereocenters. The molecule has 4 aromatic rings. The summed E-state index contributed by atoms with van der Waals surface area (Å²) in [4.78, 5) is 24.0. The molecule has 178 valence electrons. The van der Waals surface area contributed by atoms with Crippen LogP contribution in [0.1, 0.15) is 26.3 Å². The number of nitrogens with one attached hydrogen (secondary N) is 2. The highest BCUT2D eigenvalue weighted by Gasteiger charge is 2.18. The Balaban J connectivity index is 1.62. The summed E-state index contributed by atoms with van der Waals surface area (Å²) < 4.78 is 28.4. The van der Waals surface area contributed by atoms with E-state index in [4.69, 9.17) is 28.3 Å². The van der Waals surface area contributed by atoms with E-state index < -0.39 is 21.9 Å². The second-order valence-electron chi connectivity index (χ2n) is 7.61. The van der Waals surface area contributed by atoms with Gasteiger partial charge in [0.2, 0.25) is 0 Å². The van der Waals surface area contributed by atoms with E-state index >= 15 is 0 Å². The van der Waals surface area contributed by atoms with Gasteiger partial charge in [0.25, 0.3) is 15.9 Å². The predicted octanol–water partition coefficient (Wildman–Crippen LogP) is 5.58. The highest BCUT2D eigenvalue weighted by molar-refractivity contribution is 7.92. The molecule has 10 heteroatoms. The number of hydrogen-bond donors (Lipinski definition) is 3. The number of sulfonamides is 1. The van der Waals surface area contributed by atoms with E-state index in [-0.39, 0.29) is 32.7 Å². The number of hydrogen-bond acceptors (Lipinski definition) is 4. The van der Waals surface area contributed by atoms with Crippen LogP contribution in [0.2, 0.25) is 10.0 Å². The van der Waals surface area contributed by atoms with Crippen molar-refractivity contribution in [3.63, 3.8) is 0 Å². The Morgan fingerprint density at radius 3 is 2.20 bits per heavy atom. The maximum atomic E-state index is 13.0. The molecule has 4 rings (SSSR count). The summed E-state index contributed by atoms with van der Waals surface area (Å²) in [6.45, 7) is 0.123. The molecule has 0 atom stereocenters. The number of halogens is 2. The normalized spacial score (nSPS) is 11.3. The molecule has 0 heterocycles. The third kappa shape index (κ3) is 5.57.